The molecule has 1 heterocycles. The highest BCUT2D eigenvalue weighted by Gasteiger charge is 2.35. The third kappa shape index (κ3) is 3.80. The van der Waals surface area contributed by atoms with Crippen molar-refractivity contribution < 1.29 is 23.9 Å². The largest absolute Gasteiger partial charge is 0.567 e. The molecule has 2 radical (unpaired) electrons. The molecule has 0 spiro atoms. The fraction of sp³-hybridized carbons (Fsp3) is 1.00. The third-order valence-corrected chi connectivity index (χ3v) is 2.07. The van der Waals surface area contributed by atoms with Gasteiger partial charge in [-0.25, -0.2) is 0 Å². The van der Waals surface area contributed by atoms with Crippen LogP contribution in [0.5, 0.6) is 0 Å². The highest BCUT2D eigenvalue weighted by molar-refractivity contribution is 7.53. The van der Waals surface area contributed by atoms with Crippen LogP contribution >= 0.6 is 8.17 Å². The lowest BCUT2D eigenvalue weighted by Crippen LogP contribution is -2.17. The lowest BCUT2D eigenvalue weighted by molar-refractivity contribution is 0.0335. The molecule has 1 aliphatic rings. The molecule has 2 atom stereocenters. The summed E-state index contributed by atoms with van der Waals surface area (Å²) in [6.45, 7) is -0.0367. The van der Waals surface area contributed by atoms with Crippen LogP contribution in [-0.2, 0) is 9.26 Å². The molecule has 0 aromatic heterocycles. The van der Waals surface area contributed by atoms with Gasteiger partial charge in [-0.2, -0.15) is 19.2 Å². The second-order valence-corrected chi connectivity index (χ2v) is 3.97. The highest BCUT2D eigenvalue weighted by atomic mass is 31.2. The zero-order valence-corrected chi connectivity index (χ0v) is 7.35. The Kier molecular flexibility index (Phi) is 3.46. The zero-order valence-electron chi connectivity index (χ0n) is 6.46. The van der Waals surface area contributed by atoms with Gasteiger partial charge in [0.2, 0.25) is 0 Å². The van der Waals surface area contributed by atoms with Crippen molar-refractivity contribution in [2.75, 3.05) is 6.61 Å². The summed E-state index contributed by atoms with van der Waals surface area (Å²) < 4.78 is 9.45. The summed E-state index contributed by atoms with van der Waals surface area (Å²) in [4.78, 5) is 25.4. The molecule has 5 nitrogen and oxygen atoms in total. The molecule has 12 heavy (non-hydrogen) atoms. The van der Waals surface area contributed by atoms with Gasteiger partial charge in [-0.15, -0.1) is 0 Å². The van der Waals surface area contributed by atoms with Crippen molar-refractivity contribution >= 4 is 16.0 Å². The summed E-state index contributed by atoms with van der Waals surface area (Å²) in [5.74, 6) is 0. The van der Waals surface area contributed by atoms with Crippen LogP contribution in [0.15, 0.2) is 0 Å². The Morgan fingerprint density at radius 3 is 2.50 bits per heavy atom. The minimum Gasteiger partial charge on any atom is -0.382 e. The van der Waals surface area contributed by atoms with Crippen molar-refractivity contribution in [2.24, 2.45) is 0 Å². The van der Waals surface area contributed by atoms with E-state index in [0.29, 0.717) is 6.42 Å². The van der Waals surface area contributed by atoms with Gasteiger partial charge < -0.3 is 4.74 Å². The maximum absolute atomic E-state index is 8.46. The SMILES string of the molecule is [B][C@H]1CC[C@@H](CO[P+](O)(O)O)O1. The zero-order chi connectivity index (χ0) is 9.19. The van der Waals surface area contributed by atoms with E-state index in [1.54, 1.807) is 0 Å². The first-order valence-corrected chi connectivity index (χ1v) is 5.17. The highest BCUT2D eigenvalue weighted by Crippen LogP contribution is 2.46. The smallest absolute Gasteiger partial charge is 0.382 e. The van der Waals surface area contributed by atoms with Crippen LogP contribution in [0.4, 0.5) is 0 Å². The number of hydrogen-bond donors (Lipinski definition) is 3. The van der Waals surface area contributed by atoms with Crippen molar-refractivity contribution in [1.82, 2.24) is 0 Å². The van der Waals surface area contributed by atoms with Crippen molar-refractivity contribution in [3.8, 4) is 0 Å². The minimum absolute atomic E-state index is 0.0367. The number of rotatable bonds is 3. The van der Waals surface area contributed by atoms with Crippen LogP contribution in [0.3, 0.4) is 0 Å². The predicted molar refractivity (Wildman–Crippen MR) is 43.2 cm³/mol. The molecule has 0 unspecified atom stereocenters. The molecule has 1 fully saturated rings. The second kappa shape index (κ2) is 4.00. The van der Waals surface area contributed by atoms with Crippen LogP contribution in [0.25, 0.3) is 0 Å². The van der Waals surface area contributed by atoms with E-state index >= 15 is 0 Å². The molecule has 1 rings (SSSR count). The van der Waals surface area contributed by atoms with E-state index < -0.39 is 8.17 Å². The molecular formula is C5H11BO5P+. The molecule has 0 aliphatic carbocycles. The molecule has 3 N–H and O–H groups in total. The maximum atomic E-state index is 8.46. The van der Waals surface area contributed by atoms with Gasteiger partial charge in [-0.3, -0.25) is 0 Å². The predicted octanol–water partition coefficient (Wildman–Crippen LogP) is -0.669. The van der Waals surface area contributed by atoms with E-state index in [1.165, 1.54) is 0 Å². The molecule has 1 aliphatic heterocycles. The van der Waals surface area contributed by atoms with Crippen molar-refractivity contribution in [2.45, 2.75) is 24.9 Å². The van der Waals surface area contributed by atoms with Crippen LogP contribution in [-0.4, -0.2) is 41.2 Å². The molecule has 0 aromatic rings. The Bertz CT molecular complexity index is 149. The standard InChI is InChI=1S/C5H11BO5P/c6-5-2-1-4(11-5)3-10-12(7,8)9/h4-5,7-9H,1-3H2/q+1/t4-,5+/m0/s1. The summed E-state index contributed by atoms with van der Waals surface area (Å²) in [5.41, 5.74) is 0. The van der Waals surface area contributed by atoms with Crippen LogP contribution < -0.4 is 0 Å². The summed E-state index contributed by atoms with van der Waals surface area (Å²) in [6, 6.07) is -0.303. The summed E-state index contributed by atoms with van der Waals surface area (Å²) in [6.07, 6.45) is 1.19. The normalized spacial score (nSPS) is 30.9. The van der Waals surface area contributed by atoms with Crippen LogP contribution in [0, 0.1) is 0 Å². The van der Waals surface area contributed by atoms with Crippen LogP contribution in [0.1, 0.15) is 12.8 Å². The van der Waals surface area contributed by atoms with E-state index in [-0.39, 0.29) is 18.7 Å². The third-order valence-electron chi connectivity index (χ3n) is 1.57. The average molecular weight is 193 g/mol. The number of ether oxygens (including phenoxy) is 1. The fourth-order valence-electron chi connectivity index (χ4n) is 1.04. The summed E-state index contributed by atoms with van der Waals surface area (Å²) in [5, 5.41) is 0. The topological polar surface area (TPSA) is 79.2 Å². The van der Waals surface area contributed by atoms with E-state index in [9.17, 15) is 0 Å². The molecular weight excluding hydrogens is 182 g/mol. The van der Waals surface area contributed by atoms with Gasteiger partial charge in [0.25, 0.3) is 0 Å². The lowest BCUT2D eigenvalue weighted by Gasteiger charge is -2.09. The van der Waals surface area contributed by atoms with Gasteiger partial charge in [-0.1, -0.05) is 0 Å². The van der Waals surface area contributed by atoms with Crippen molar-refractivity contribution in [3.63, 3.8) is 0 Å². The van der Waals surface area contributed by atoms with Gasteiger partial charge in [0.05, 0.1) is 6.10 Å². The first kappa shape index (κ1) is 10.4. The Labute approximate surface area is 72.4 Å². The average Bonchev–Trinajstić information content (AvgIpc) is 2.30. The minimum atomic E-state index is -4.11. The quantitative estimate of drug-likeness (QED) is 0.409. The molecule has 0 saturated carbocycles. The molecule has 0 amide bonds. The van der Waals surface area contributed by atoms with Crippen LogP contribution in [0.2, 0.25) is 0 Å². The second-order valence-electron chi connectivity index (χ2n) is 2.68. The van der Waals surface area contributed by atoms with E-state index in [0.717, 1.165) is 6.42 Å². The first-order valence-electron chi connectivity index (χ1n) is 3.60. The van der Waals surface area contributed by atoms with Gasteiger partial charge >= 0.3 is 8.17 Å². The van der Waals surface area contributed by atoms with Crippen molar-refractivity contribution in [1.29, 1.82) is 0 Å². The van der Waals surface area contributed by atoms with Gasteiger partial charge in [0.15, 0.2) is 0 Å². The van der Waals surface area contributed by atoms with E-state index in [2.05, 4.69) is 4.52 Å². The van der Waals surface area contributed by atoms with E-state index in [4.69, 9.17) is 27.3 Å². The molecule has 0 aromatic carbocycles. The Balaban J connectivity index is 2.16. The Morgan fingerprint density at radius 1 is 1.42 bits per heavy atom. The van der Waals surface area contributed by atoms with Gasteiger partial charge in [-0.05, 0) is 12.8 Å². The monoisotopic (exact) mass is 193 g/mol. The van der Waals surface area contributed by atoms with Gasteiger partial charge in [0, 0.05) is 6.00 Å². The summed E-state index contributed by atoms with van der Waals surface area (Å²) >= 11 is 0. The summed E-state index contributed by atoms with van der Waals surface area (Å²) in [7, 11) is 1.30. The first-order chi connectivity index (χ1) is 5.47. The Morgan fingerprint density at radius 2 is 2.08 bits per heavy atom. The number of hydrogen-bond acceptors (Lipinski definition) is 5. The maximum Gasteiger partial charge on any atom is 0.567 e. The lowest BCUT2D eigenvalue weighted by atomic mass is 9.97. The molecule has 7 heteroatoms. The van der Waals surface area contributed by atoms with E-state index in [1.807, 2.05) is 0 Å². The Hall–Kier alpha value is 0.295. The molecule has 68 valence electrons. The van der Waals surface area contributed by atoms with Gasteiger partial charge in [0.1, 0.15) is 14.5 Å². The molecule has 0 bridgehead atoms. The fourth-order valence-corrected chi connectivity index (χ4v) is 1.41. The molecule has 1 saturated heterocycles. The van der Waals surface area contributed by atoms with Crippen molar-refractivity contribution in [3.05, 3.63) is 0 Å².